The Kier molecular flexibility index (Phi) is 13.0. The minimum Gasteiger partial charge on any atom is -0.310 e. The Morgan fingerprint density at radius 2 is 1.00 bits per heavy atom. The van der Waals surface area contributed by atoms with Gasteiger partial charge in [0.1, 0.15) is 6.29 Å². The summed E-state index contributed by atoms with van der Waals surface area (Å²) in [7, 11) is 0. The molecule has 0 unspecified atom stereocenters. The molecule has 0 radical (unpaired) electrons. The smallest absolute Gasteiger partial charge is 0.150 e. The maximum absolute atomic E-state index is 12.4. The number of unbranched alkanes of at least 4 members (excludes halogenated alkanes) is 10. The first-order chi connectivity index (χ1) is 31.1. The van der Waals surface area contributed by atoms with E-state index in [1.165, 1.54) is 138 Å². The van der Waals surface area contributed by atoms with Crippen LogP contribution in [0.2, 0.25) is 0 Å². The van der Waals surface area contributed by atoms with Crippen molar-refractivity contribution in [2.75, 3.05) is 4.90 Å². The predicted octanol–water partition coefficient (Wildman–Crippen LogP) is 17.5. The van der Waals surface area contributed by atoms with Crippen molar-refractivity contribution in [1.82, 2.24) is 4.57 Å². The van der Waals surface area contributed by atoms with Crippen molar-refractivity contribution in [3.8, 4) is 27.9 Å². The lowest BCUT2D eigenvalue weighted by molar-refractivity contribution is 0.112. The van der Waals surface area contributed by atoms with Gasteiger partial charge in [-0.05, 0) is 113 Å². The Labute approximate surface area is 375 Å². The molecule has 1 heterocycles. The van der Waals surface area contributed by atoms with Crippen LogP contribution in [0.1, 0.15) is 125 Å². The lowest BCUT2D eigenvalue weighted by Crippen LogP contribution is -2.26. The number of hydrogen-bond donors (Lipinski definition) is 0. The average molecular weight is 827 g/mol. The van der Waals surface area contributed by atoms with Crippen molar-refractivity contribution >= 4 is 45.2 Å². The van der Waals surface area contributed by atoms with Crippen molar-refractivity contribution in [2.24, 2.45) is 0 Å². The second-order valence-electron chi connectivity index (χ2n) is 17.9. The predicted molar refractivity (Wildman–Crippen MR) is 268 cm³/mol. The molecule has 0 amide bonds. The van der Waals surface area contributed by atoms with Gasteiger partial charge in [-0.2, -0.15) is 0 Å². The number of carbonyl (C=O) groups excluding carboxylic acids is 1. The molecule has 0 spiro atoms. The molecule has 8 aromatic rings. The molecule has 63 heavy (non-hydrogen) atoms. The first-order valence-electron chi connectivity index (χ1n) is 23.9. The molecule has 1 aliphatic carbocycles. The third-order valence-electron chi connectivity index (χ3n) is 13.8. The van der Waals surface area contributed by atoms with Crippen molar-refractivity contribution < 1.29 is 4.79 Å². The molecule has 1 aliphatic rings. The number of benzene rings is 7. The molecule has 0 aliphatic heterocycles. The van der Waals surface area contributed by atoms with Crippen LogP contribution in [0.15, 0.2) is 164 Å². The first-order valence-corrected chi connectivity index (χ1v) is 23.9. The van der Waals surface area contributed by atoms with E-state index >= 15 is 0 Å². The number of para-hydroxylation sites is 2. The molecule has 7 aromatic carbocycles. The van der Waals surface area contributed by atoms with E-state index < -0.39 is 0 Å². The van der Waals surface area contributed by atoms with E-state index in [2.05, 4.69) is 181 Å². The normalized spacial score (nSPS) is 12.7. The molecule has 9 rings (SSSR count). The van der Waals surface area contributed by atoms with Crippen molar-refractivity contribution in [2.45, 2.75) is 109 Å². The second kappa shape index (κ2) is 19.5. The summed E-state index contributed by atoms with van der Waals surface area (Å²) in [6, 6.07) is 60.0. The van der Waals surface area contributed by atoms with E-state index in [4.69, 9.17) is 0 Å². The Morgan fingerprint density at radius 1 is 0.460 bits per heavy atom. The number of anilines is 3. The monoisotopic (exact) mass is 826 g/mol. The average Bonchev–Trinajstić information content (AvgIpc) is 3.81. The fraction of sp³-hybridized carbons (Fsp3) is 0.283. The molecular weight excluding hydrogens is 765 g/mol. The fourth-order valence-electron chi connectivity index (χ4n) is 10.6. The highest BCUT2D eigenvalue weighted by Gasteiger charge is 2.42. The van der Waals surface area contributed by atoms with E-state index in [1.807, 2.05) is 6.07 Å². The van der Waals surface area contributed by atoms with Gasteiger partial charge in [0.2, 0.25) is 0 Å². The molecule has 0 atom stereocenters. The van der Waals surface area contributed by atoms with Gasteiger partial charge in [0, 0.05) is 44.5 Å². The summed E-state index contributed by atoms with van der Waals surface area (Å²) in [5.41, 5.74) is 15.5. The summed E-state index contributed by atoms with van der Waals surface area (Å²) in [6.07, 6.45) is 18.5. The topological polar surface area (TPSA) is 25.2 Å². The van der Waals surface area contributed by atoms with Crippen LogP contribution in [0.4, 0.5) is 17.1 Å². The van der Waals surface area contributed by atoms with Crippen LogP contribution in [-0.4, -0.2) is 10.9 Å². The number of aldehydes is 1. The van der Waals surface area contributed by atoms with Gasteiger partial charge in [0.25, 0.3) is 0 Å². The van der Waals surface area contributed by atoms with Gasteiger partial charge >= 0.3 is 0 Å². The highest BCUT2D eigenvalue weighted by atomic mass is 16.1. The fourth-order valence-corrected chi connectivity index (χ4v) is 10.6. The van der Waals surface area contributed by atoms with E-state index in [0.29, 0.717) is 0 Å². The van der Waals surface area contributed by atoms with Gasteiger partial charge in [-0.1, -0.05) is 188 Å². The summed E-state index contributed by atoms with van der Waals surface area (Å²) < 4.78 is 2.50. The highest BCUT2D eigenvalue weighted by Crippen LogP contribution is 2.55. The van der Waals surface area contributed by atoms with Gasteiger partial charge in [-0.25, -0.2) is 0 Å². The number of fused-ring (bicyclic) bond motifs is 6. The minimum atomic E-state index is -0.132. The molecule has 0 saturated heterocycles. The highest BCUT2D eigenvalue weighted by molar-refractivity contribution is 6.10. The van der Waals surface area contributed by atoms with E-state index in [0.717, 1.165) is 41.8 Å². The quantitative estimate of drug-likeness (QED) is 0.0565. The zero-order chi connectivity index (χ0) is 43.0. The number of hydrogen-bond acceptors (Lipinski definition) is 2. The maximum atomic E-state index is 12.4. The standard InChI is InChI=1S/C60H62N2O/c1-3-5-7-9-11-21-39-60(40-22-12-10-8-6-4-2)56-41-45(44-63)29-36-52(56)53-37-34-51(43-57(53)60)62-58-28-20-19-27-54(58)55-42-50(35-38-59(55)62)61(48-25-17-14-18-26-48)49-32-30-47(31-33-49)46-23-15-13-16-24-46/h13-20,23-38,41-44H,3-12,21-22,39-40H2,1-2H3. The van der Waals surface area contributed by atoms with Crippen LogP contribution in [0.5, 0.6) is 0 Å². The van der Waals surface area contributed by atoms with Crippen LogP contribution in [0.3, 0.4) is 0 Å². The molecule has 0 bridgehead atoms. The summed E-state index contributed by atoms with van der Waals surface area (Å²) in [4.78, 5) is 14.7. The second-order valence-corrected chi connectivity index (χ2v) is 17.9. The molecule has 0 fully saturated rings. The number of rotatable bonds is 20. The number of nitrogens with zero attached hydrogens (tertiary/aromatic N) is 2. The molecule has 0 N–H and O–H groups in total. The Morgan fingerprint density at radius 3 is 1.68 bits per heavy atom. The van der Waals surface area contributed by atoms with Crippen LogP contribution >= 0.6 is 0 Å². The number of aromatic nitrogens is 1. The van der Waals surface area contributed by atoms with Crippen molar-refractivity contribution in [1.29, 1.82) is 0 Å². The van der Waals surface area contributed by atoms with E-state index in [-0.39, 0.29) is 5.41 Å². The summed E-state index contributed by atoms with van der Waals surface area (Å²) >= 11 is 0. The molecule has 318 valence electrons. The zero-order valence-corrected chi connectivity index (χ0v) is 37.4. The van der Waals surface area contributed by atoms with Crippen molar-refractivity contribution in [3.05, 3.63) is 180 Å². The molecule has 1 aromatic heterocycles. The van der Waals surface area contributed by atoms with Crippen molar-refractivity contribution in [3.63, 3.8) is 0 Å². The van der Waals surface area contributed by atoms with E-state index in [1.54, 1.807) is 0 Å². The molecular formula is C60H62N2O. The molecule has 3 heteroatoms. The summed E-state index contributed by atoms with van der Waals surface area (Å²) in [5.74, 6) is 0. The van der Waals surface area contributed by atoms with Gasteiger partial charge in [-0.3, -0.25) is 4.79 Å². The largest absolute Gasteiger partial charge is 0.310 e. The maximum Gasteiger partial charge on any atom is 0.150 e. The summed E-state index contributed by atoms with van der Waals surface area (Å²) in [6.45, 7) is 4.59. The minimum absolute atomic E-state index is 0.132. The third kappa shape index (κ3) is 8.51. The van der Waals surface area contributed by atoms with Gasteiger partial charge < -0.3 is 9.47 Å². The lowest BCUT2D eigenvalue weighted by Gasteiger charge is -2.33. The Balaban J connectivity index is 1.15. The molecule has 0 saturated carbocycles. The third-order valence-corrected chi connectivity index (χ3v) is 13.8. The first kappa shape index (κ1) is 42.1. The zero-order valence-electron chi connectivity index (χ0n) is 37.4. The SMILES string of the molecule is CCCCCCCCC1(CCCCCCCC)c2cc(C=O)ccc2-c2ccc(-n3c4ccccc4c4cc(N(c5ccccc5)c5ccc(-c6ccccc6)cc5)ccc43)cc21. The van der Waals surface area contributed by atoms with Gasteiger partial charge in [-0.15, -0.1) is 0 Å². The number of carbonyl (C=O) groups is 1. The van der Waals surface area contributed by atoms with Crippen LogP contribution in [0, 0.1) is 0 Å². The Hall–Kier alpha value is -6.19. The lowest BCUT2D eigenvalue weighted by atomic mass is 9.70. The van der Waals surface area contributed by atoms with Gasteiger partial charge in [0.05, 0.1) is 11.0 Å². The summed E-state index contributed by atoms with van der Waals surface area (Å²) in [5, 5.41) is 2.47. The van der Waals surface area contributed by atoms with Crippen LogP contribution in [0.25, 0.3) is 49.7 Å². The Bertz CT molecular complexity index is 2760. The van der Waals surface area contributed by atoms with Crippen LogP contribution < -0.4 is 4.90 Å². The van der Waals surface area contributed by atoms with Crippen LogP contribution in [-0.2, 0) is 5.41 Å². The van der Waals surface area contributed by atoms with Gasteiger partial charge in [0.15, 0.2) is 0 Å². The molecule has 3 nitrogen and oxygen atoms in total. The van der Waals surface area contributed by atoms with E-state index in [9.17, 15) is 4.79 Å².